The van der Waals surface area contributed by atoms with Gasteiger partial charge in [-0.15, -0.1) is 0 Å². The minimum atomic E-state index is 0.454. The monoisotopic (exact) mass is 252 g/mol. The summed E-state index contributed by atoms with van der Waals surface area (Å²) in [5.74, 6) is 0. The van der Waals surface area contributed by atoms with Crippen LogP contribution >= 0.6 is 0 Å². The van der Waals surface area contributed by atoms with Crippen LogP contribution in [0.1, 0.15) is 92.9 Å². The van der Waals surface area contributed by atoms with Crippen LogP contribution in [-0.2, 0) is 0 Å². The van der Waals surface area contributed by atoms with Gasteiger partial charge in [-0.1, -0.05) is 73.0 Å². The molecular formula is C18H36. The molecular weight excluding hydrogens is 216 g/mol. The second kappa shape index (κ2) is 8.02. The van der Waals surface area contributed by atoms with Crippen molar-refractivity contribution in [1.29, 1.82) is 0 Å². The van der Waals surface area contributed by atoms with Gasteiger partial charge in [-0.3, -0.25) is 0 Å². The fraction of sp³-hybridized carbons (Fsp3) is 0.889. The molecule has 18 heavy (non-hydrogen) atoms. The molecule has 0 aromatic rings. The van der Waals surface area contributed by atoms with Crippen molar-refractivity contribution in [2.75, 3.05) is 0 Å². The van der Waals surface area contributed by atoms with Crippen LogP contribution in [0.25, 0.3) is 0 Å². The molecule has 0 bridgehead atoms. The molecule has 0 N–H and O–H groups in total. The third-order valence-electron chi connectivity index (χ3n) is 3.44. The molecule has 0 rings (SSSR count). The summed E-state index contributed by atoms with van der Waals surface area (Å²) in [6, 6.07) is 0. The molecule has 0 atom stereocenters. The summed E-state index contributed by atoms with van der Waals surface area (Å²) in [6.45, 7) is 18.2. The molecule has 0 aromatic heterocycles. The molecule has 0 saturated carbocycles. The minimum Gasteiger partial charge on any atom is -0.0999 e. The van der Waals surface area contributed by atoms with Crippen molar-refractivity contribution in [2.45, 2.75) is 92.9 Å². The Kier molecular flexibility index (Phi) is 7.90. The van der Waals surface area contributed by atoms with E-state index in [2.05, 4.69) is 48.1 Å². The summed E-state index contributed by atoms with van der Waals surface area (Å²) < 4.78 is 0. The van der Waals surface area contributed by atoms with Gasteiger partial charge in [0.25, 0.3) is 0 Å². The SMILES string of the molecule is C=C(CCCCCCC(C)(C)C)CCC(C)(C)C. The van der Waals surface area contributed by atoms with Crippen molar-refractivity contribution in [3.63, 3.8) is 0 Å². The van der Waals surface area contributed by atoms with E-state index in [1.54, 1.807) is 0 Å². The highest BCUT2D eigenvalue weighted by Crippen LogP contribution is 2.25. The zero-order chi connectivity index (χ0) is 14.2. The van der Waals surface area contributed by atoms with Crippen LogP contribution in [0.5, 0.6) is 0 Å². The molecule has 0 heteroatoms. The van der Waals surface area contributed by atoms with Gasteiger partial charge >= 0.3 is 0 Å². The predicted octanol–water partition coefficient (Wildman–Crippen LogP) is 6.76. The van der Waals surface area contributed by atoms with Gasteiger partial charge in [0.1, 0.15) is 0 Å². The minimum absolute atomic E-state index is 0.454. The van der Waals surface area contributed by atoms with Crippen LogP contribution in [0, 0.1) is 10.8 Å². The predicted molar refractivity (Wildman–Crippen MR) is 85.0 cm³/mol. The van der Waals surface area contributed by atoms with Gasteiger partial charge in [0.2, 0.25) is 0 Å². The van der Waals surface area contributed by atoms with Gasteiger partial charge in [-0.25, -0.2) is 0 Å². The average molecular weight is 252 g/mol. The van der Waals surface area contributed by atoms with E-state index in [9.17, 15) is 0 Å². The summed E-state index contributed by atoms with van der Waals surface area (Å²) in [4.78, 5) is 0. The van der Waals surface area contributed by atoms with Gasteiger partial charge in [-0.05, 0) is 42.9 Å². The molecule has 0 aliphatic rings. The van der Waals surface area contributed by atoms with Crippen molar-refractivity contribution < 1.29 is 0 Å². The maximum atomic E-state index is 4.21. The summed E-state index contributed by atoms with van der Waals surface area (Å²) >= 11 is 0. The maximum absolute atomic E-state index is 4.21. The van der Waals surface area contributed by atoms with Crippen molar-refractivity contribution in [3.05, 3.63) is 12.2 Å². The standard InChI is InChI=1S/C18H36/c1-16(13-15-18(5,6)7)12-10-8-9-11-14-17(2,3)4/h1,8-15H2,2-7H3. The topological polar surface area (TPSA) is 0 Å². The van der Waals surface area contributed by atoms with Crippen molar-refractivity contribution in [3.8, 4) is 0 Å². The van der Waals surface area contributed by atoms with E-state index >= 15 is 0 Å². The Morgan fingerprint density at radius 2 is 1.17 bits per heavy atom. The number of hydrogen-bond donors (Lipinski definition) is 0. The fourth-order valence-electron chi connectivity index (χ4n) is 2.06. The number of hydrogen-bond acceptors (Lipinski definition) is 0. The Balaban J connectivity index is 3.42. The highest BCUT2D eigenvalue weighted by atomic mass is 14.2. The zero-order valence-electron chi connectivity index (χ0n) is 13.9. The van der Waals surface area contributed by atoms with Crippen LogP contribution < -0.4 is 0 Å². The van der Waals surface area contributed by atoms with Crippen LogP contribution in [0.3, 0.4) is 0 Å². The second-order valence-corrected chi connectivity index (χ2v) is 8.29. The Bertz CT molecular complexity index is 221. The quantitative estimate of drug-likeness (QED) is 0.331. The van der Waals surface area contributed by atoms with Gasteiger partial charge in [0, 0.05) is 0 Å². The van der Waals surface area contributed by atoms with Crippen molar-refractivity contribution in [1.82, 2.24) is 0 Å². The summed E-state index contributed by atoms with van der Waals surface area (Å²) in [6.07, 6.45) is 10.6. The van der Waals surface area contributed by atoms with Gasteiger partial charge < -0.3 is 0 Å². The molecule has 108 valence electrons. The normalized spacial score (nSPS) is 12.8. The van der Waals surface area contributed by atoms with E-state index in [0.717, 1.165) is 0 Å². The average Bonchev–Trinajstić information content (AvgIpc) is 2.17. The smallest absolute Gasteiger partial charge is 0.0318 e. The second-order valence-electron chi connectivity index (χ2n) is 8.29. The first kappa shape index (κ1) is 17.7. The Labute approximate surface area is 116 Å². The summed E-state index contributed by atoms with van der Waals surface area (Å²) in [5, 5.41) is 0. The molecule has 0 aliphatic carbocycles. The Hall–Kier alpha value is -0.260. The highest BCUT2D eigenvalue weighted by Gasteiger charge is 2.10. The summed E-state index contributed by atoms with van der Waals surface area (Å²) in [7, 11) is 0. The summed E-state index contributed by atoms with van der Waals surface area (Å²) in [5.41, 5.74) is 2.42. The first-order valence-corrected chi connectivity index (χ1v) is 7.77. The van der Waals surface area contributed by atoms with Crippen molar-refractivity contribution in [2.24, 2.45) is 10.8 Å². The first-order chi connectivity index (χ1) is 8.10. The Morgan fingerprint density at radius 1 is 0.667 bits per heavy atom. The van der Waals surface area contributed by atoms with Crippen LogP contribution in [0.4, 0.5) is 0 Å². The molecule has 0 unspecified atom stereocenters. The fourth-order valence-corrected chi connectivity index (χ4v) is 2.06. The molecule has 0 heterocycles. The van der Waals surface area contributed by atoms with Crippen LogP contribution in [-0.4, -0.2) is 0 Å². The van der Waals surface area contributed by atoms with Crippen LogP contribution in [0.15, 0.2) is 12.2 Å². The zero-order valence-corrected chi connectivity index (χ0v) is 13.9. The third kappa shape index (κ3) is 13.8. The van der Waals surface area contributed by atoms with Gasteiger partial charge in [0.15, 0.2) is 0 Å². The number of unbranched alkanes of at least 4 members (excludes halogenated alkanes) is 3. The molecule has 0 aromatic carbocycles. The maximum Gasteiger partial charge on any atom is -0.0318 e. The largest absolute Gasteiger partial charge is 0.0999 e. The Morgan fingerprint density at radius 3 is 1.67 bits per heavy atom. The van der Waals surface area contributed by atoms with Crippen molar-refractivity contribution >= 4 is 0 Å². The lowest BCUT2D eigenvalue weighted by Gasteiger charge is -2.19. The number of allylic oxidation sites excluding steroid dienone is 1. The molecule has 0 fully saturated rings. The van der Waals surface area contributed by atoms with E-state index < -0.39 is 0 Å². The van der Waals surface area contributed by atoms with E-state index in [4.69, 9.17) is 0 Å². The molecule has 0 spiro atoms. The molecule has 0 nitrogen and oxygen atoms in total. The van der Waals surface area contributed by atoms with E-state index in [1.807, 2.05) is 0 Å². The lowest BCUT2D eigenvalue weighted by Crippen LogP contribution is -2.05. The lowest BCUT2D eigenvalue weighted by molar-refractivity contribution is 0.356. The molecule has 0 amide bonds. The molecule has 0 saturated heterocycles. The van der Waals surface area contributed by atoms with Gasteiger partial charge in [-0.2, -0.15) is 0 Å². The van der Waals surface area contributed by atoms with Gasteiger partial charge in [0.05, 0.1) is 0 Å². The van der Waals surface area contributed by atoms with E-state index in [0.29, 0.717) is 10.8 Å². The third-order valence-corrected chi connectivity index (χ3v) is 3.44. The molecule has 0 radical (unpaired) electrons. The highest BCUT2D eigenvalue weighted by molar-refractivity contribution is 4.94. The van der Waals surface area contributed by atoms with E-state index in [-0.39, 0.29) is 0 Å². The molecule has 0 aliphatic heterocycles. The van der Waals surface area contributed by atoms with E-state index in [1.165, 1.54) is 56.9 Å². The first-order valence-electron chi connectivity index (χ1n) is 7.77. The lowest BCUT2D eigenvalue weighted by atomic mass is 9.87. The van der Waals surface area contributed by atoms with Crippen LogP contribution in [0.2, 0.25) is 0 Å². The number of rotatable bonds is 8.